The summed E-state index contributed by atoms with van der Waals surface area (Å²) in [6.45, 7) is 13.3. The van der Waals surface area contributed by atoms with E-state index < -0.39 is 0 Å². The Bertz CT molecular complexity index is 844. The maximum atomic E-state index is 5.76. The Hall–Kier alpha value is -2.38. The van der Waals surface area contributed by atoms with E-state index in [1.165, 1.54) is 18.4 Å². The van der Waals surface area contributed by atoms with Crippen LogP contribution >= 0.6 is 0 Å². The van der Waals surface area contributed by atoms with Crippen LogP contribution in [0.3, 0.4) is 0 Å². The number of rotatable bonds is 6. The normalized spacial score (nSPS) is 19.5. The van der Waals surface area contributed by atoms with Gasteiger partial charge < -0.3 is 14.6 Å². The third kappa shape index (κ3) is 6.11. The molecule has 7 heteroatoms. The molecule has 0 radical (unpaired) electrons. The van der Waals surface area contributed by atoms with Crippen molar-refractivity contribution in [1.82, 2.24) is 25.0 Å². The van der Waals surface area contributed by atoms with Crippen LogP contribution in [0, 0.1) is 19.8 Å². The van der Waals surface area contributed by atoms with Gasteiger partial charge in [0.25, 0.3) is 0 Å². The van der Waals surface area contributed by atoms with Crippen LogP contribution < -0.4 is 5.32 Å². The zero-order chi connectivity index (χ0) is 22.3. The second-order valence-corrected chi connectivity index (χ2v) is 9.15. The summed E-state index contributed by atoms with van der Waals surface area (Å²) in [5.41, 5.74) is 2.40. The number of aryl methyl sites for hydroxylation is 2. The number of aromatic nitrogens is 1. The van der Waals surface area contributed by atoms with Gasteiger partial charge in [-0.1, -0.05) is 30.3 Å². The number of nitrogens with zero attached hydrogens (tertiary/aromatic N) is 5. The minimum atomic E-state index is 0.690. The predicted octanol–water partition coefficient (Wildman–Crippen LogP) is 2.90. The van der Waals surface area contributed by atoms with E-state index in [9.17, 15) is 0 Å². The second kappa shape index (κ2) is 11.0. The van der Waals surface area contributed by atoms with Crippen molar-refractivity contribution in [2.24, 2.45) is 10.9 Å². The standard InChI is InChI=1S/C25H38N6O/c1-20-21(2)32-24(28-20)19-29-11-9-22(10-12-29)17-27-25(26-3)31-15-13-30(14-16-31)18-23-7-5-4-6-8-23/h4-8,22H,9-19H2,1-3H3,(H,26,27). The molecule has 0 spiro atoms. The number of hydrogen-bond donors (Lipinski definition) is 1. The van der Waals surface area contributed by atoms with Gasteiger partial charge >= 0.3 is 0 Å². The Kier molecular flexibility index (Phi) is 7.81. The van der Waals surface area contributed by atoms with E-state index in [4.69, 9.17) is 4.42 Å². The molecule has 1 aromatic heterocycles. The highest BCUT2D eigenvalue weighted by Gasteiger charge is 2.23. The van der Waals surface area contributed by atoms with Crippen LogP contribution in [0.4, 0.5) is 0 Å². The van der Waals surface area contributed by atoms with Crippen LogP contribution in [-0.4, -0.2) is 78.5 Å². The zero-order valence-corrected chi connectivity index (χ0v) is 19.9. The highest BCUT2D eigenvalue weighted by Crippen LogP contribution is 2.19. The molecule has 0 bridgehead atoms. The van der Waals surface area contributed by atoms with Gasteiger partial charge in [-0.15, -0.1) is 0 Å². The minimum absolute atomic E-state index is 0.690. The van der Waals surface area contributed by atoms with E-state index in [0.29, 0.717) is 5.92 Å². The van der Waals surface area contributed by atoms with Gasteiger partial charge in [-0.2, -0.15) is 0 Å². The highest BCUT2D eigenvalue weighted by atomic mass is 16.4. The largest absolute Gasteiger partial charge is 0.444 e. The summed E-state index contributed by atoms with van der Waals surface area (Å²) in [6.07, 6.45) is 2.40. The van der Waals surface area contributed by atoms with Crippen molar-refractivity contribution in [3.8, 4) is 0 Å². The Morgan fingerprint density at radius 3 is 2.31 bits per heavy atom. The van der Waals surface area contributed by atoms with E-state index in [0.717, 1.165) is 82.2 Å². The van der Waals surface area contributed by atoms with Gasteiger partial charge in [0.05, 0.1) is 12.2 Å². The first-order valence-electron chi connectivity index (χ1n) is 12.0. The van der Waals surface area contributed by atoms with E-state index >= 15 is 0 Å². The van der Waals surface area contributed by atoms with Gasteiger partial charge in [0, 0.05) is 46.3 Å². The van der Waals surface area contributed by atoms with Crippen molar-refractivity contribution in [2.45, 2.75) is 39.8 Å². The number of likely N-dealkylation sites (tertiary alicyclic amines) is 1. The van der Waals surface area contributed by atoms with Crippen molar-refractivity contribution in [3.05, 3.63) is 53.2 Å². The molecule has 0 saturated carbocycles. The Morgan fingerprint density at radius 1 is 1.00 bits per heavy atom. The fourth-order valence-electron chi connectivity index (χ4n) is 4.67. The third-order valence-electron chi connectivity index (χ3n) is 6.82. The molecule has 1 N–H and O–H groups in total. The molecule has 4 rings (SSSR count). The number of piperazine rings is 1. The molecule has 0 amide bonds. The summed E-state index contributed by atoms with van der Waals surface area (Å²) >= 11 is 0. The summed E-state index contributed by atoms with van der Waals surface area (Å²) in [4.78, 5) is 16.5. The number of nitrogens with one attached hydrogen (secondary N) is 1. The van der Waals surface area contributed by atoms with Gasteiger partial charge in [-0.3, -0.25) is 14.8 Å². The lowest BCUT2D eigenvalue weighted by Gasteiger charge is -2.37. The highest BCUT2D eigenvalue weighted by molar-refractivity contribution is 5.80. The first kappa shape index (κ1) is 22.8. The van der Waals surface area contributed by atoms with Crippen molar-refractivity contribution < 1.29 is 4.42 Å². The van der Waals surface area contributed by atoms with Crippen molar-refractivity contribution >= 4 is 5.96 Å². The molecule has 3 heterocycles. The Morgan fingerprint density at radius 2 is 1.69 bits per heavy atom. The molecule has 2 aromatic rings. The smallest absolute Gasteiger partial charge is 0.208 e. The molecule has 32 heavy (non-hydrogen) atoms. The van der Waals surface area contributed by atoms with E-state index in [-0.39, 0.29) is 0 Å². The Balaban J connectivity index is 1.16. The van der Waals surface area contributed by atoms with Gasteiger partial charge in [0.2, 0.25) is 5.89 Å². The molecule has 2 aliphatic rings. The van der Waals surface area contributed by atoms with Crippen LogP contribution in [0.5, 0.6) is 0 Å². The Labute approximate surface area is 192 Å². The molecule has 0 atom stereocenters. The molecule has 1 aromatic carbocycles. The van der Waals surface area contributed by atoms with Crippen LogP contribution in [0.2, 0.25) is 0 Å². The van der Waals surface area contributed by atoms with Crippen molar-refractivity contribution in [1.29, 1.82) is 0 Å². The zero-order valence-electron chi connectivity index (χ0n) is 19.9. The molecule has 0 aliphatic carbocycles. The number of guanidine groups is 1. The summed E-state index contributed by atoms with van der Waals surface area (Å²) in [5.74, 6) is 3.53. The van der Waals surface area contributed by atoms with Gasteiger partial charge in [0.15, 0.2) is 5.96 Å². The monoisotopic (exact) mass is 438 g/mol. The molecular weight excluding hydrogens is 400 g/mol. The number of aliphatic imine (C=N–C) groups is 1. The fourth-order valence-corrected chi connectivity index (χ4v) is 4.67. The number of hydrogen-bond acceptors (Lipinski definition) is 5. The van der Waals surface area contributed by atoms with E-state index in [1.54, 1.807) is 0 Å². The second-order valence-electron chi connectivity index (χ2n) is 9.15. The van der Waals surface area contributed by atoms with E-state index in [2.05, 4.69) is 60.3 Å². The van der Waals surface area contributed by atoms with Crippen molar-refractivity contribution in [2.75, 3.05) is 52.9 Å². The maximum Gasteiger partial charge on any atom is 0.208 e. The first-order chi connectivity index (χ1) is 15.6. The summed E-state index contributed by atoms with van der Waals surface area (Å²) in [5, 5.41) is 3.66. The predicted molar refractivity (Wildman–Crippen MR) is 129 cm³/mol. The van der Waals surface area contributed by atoms with Gasteiger partial charge in [0.1, 0.15) is 5.76 Å². The molecule has 174 valence electrons. The average Bonchev–Trinajstić information content (AvgIpc) is 3.13. The molecule has 2 aliphatic heterocycles. The SMILES string of the molecule is CN=C(NCC1CCN(Cc2nc(C)c(C)o2)CC1)N1CCN(Cc2ccccc2)CC1. The van der Waals surface area contributed by atoms with Crippen LogP contribution in [-0.2, 0) is 13.1 Å². The van der Waals surface area contributed by atoms with E-state index in [1.807, 2.05) is 20.9 Å². The molecule has 0 unspecified atom stereocenters. The lowest BCUT2D eigenvalue weighted by molar-refractivity contribution is 0.160. The lowest BCUT2D eigenvalue weighted by Crippen LogP contribution is -2.53. The fraction of sp³-hybridized carbons (Fsp3) is 0.600. The number of benzene rings is 1. The third-order valence-corrected chi connectivity index (χ3v) is 6.82. The molecular formula is C25H38N6O. The summed E-state index contributed by atoms with van der Waals surface area (Å²) in [6, 6.07) is 10.8. The van der Waals surface area contributed by atoms with Crippen LogP contribution in [0.1, 0.15) is 35.7 Å². The molecule has 2 fully saturated rings. The van der Waals surface area contributed by atoms with Crippen LogP contribution in [0.15, 0.2) is 39.7 Å². The summed E-state index contributed by atoms with van der Waals surface area (Å²) < 4.78 is 5.76. The van der Waals surface area contributed by atoms with Crippen molar-refractivity contribution in [3.63, 3.8) is 0 Å². The topological polar surface area (TPSA) is 60.1 Å². The lowest BCUT2D eigenvalue weighted by atomic mass is 9.97. The number of piperidine rings is 1. The maximum absolute atomic E-state index is 5.76. The molecule has 2 saturated heterocycles. The number of oxazole rings is 1. The molecule has 7 nitrogen and oxygen atoms in total. The minimum Gasteiger partial charge on any atom is -0.444 e. The van der Waals surface area contributed by atoms with Crippen LogP contribution in [0.25, 0.3) is 0 Å². The summed E-state index contributed by atoms with van der Waals surface area (Å²) in [7, 11) is 1.90. The average molecular weight is 439 g/mol. The quantitative estimate of drug-likeness (QED) is 0.553. The first-order valence-corrected chi connectivity index (χ1v) is 12.0. The van der Waals surface area contributed by atoms with Gasteiger partial charge in [-0.05, 0) is 51.3 Å². The van der Waals surface area contributed by atoms with Gasteiger partial charge in [-0.25, -0.2) is 4.98 Å².